The fraction of sp³-hybridized carbons (Fsp3) is 0.467. The minimum absolute atomic E-state index is 0.285. The number of hydrogen-bond donors (Lipinski definition) is 1. The van der Waals surface area contributed by atoms with Gasteiger partial charge in [0.1, 0.15) is 5.82 Å². The topological polar surface area (TPSA) is 47.0 Å². The summed E-state index contributed by atoms with van der Waals surface area (Å²) in [5.41, 5.74) is 1.24. The van der Waals surface area contributed by atoms with E-state index in [-0.39, 0.29) is 5.28 Å². The highest BCUT2D eigenvalue weighted by Gasteiger charge is 2.41. The van der Waals surface area contributed by atoms with Crippen LogP contribution < -0.4 is 5.32 Å². The standard InChI is InChI=1S/C15H18ClN3O/c1-20-9-8-15(6-7-15)10-17-13-11-4-2-3-5-12(11)18-14(16)19-13/h2-5H,6-10H2,1H3,(H,17,18,19). The minimum atomic E-state index is 0.285. The van der Waals surface area contributed by atoms with Gasteiger partial charge in [0.15, 0.2) is 0 Å². The maximum Gasteiger partial charge on any atom is 0.224 e. The van der Waals surface area contributed by atoms with Crippen LogP contribution in [0.5, 0.6) is 0 Å². The number of hydrogen-bond acceptors (Lipinski definition) is 4. The first-order valence-corrected chi connectivity index (χ1v) is 7.25. The number of para-hydroxylation sites is 1. The molecule has 0 spiro atoms. The maximum absolute atomic E-state index is 5.99. The van der Waals surface area contributed by atoms with Gasteiger partial charge in [0, 0.05) is 25.6 Å². The second kappa shape index (κ2) is 5.54. The van der Waals surface area contributed by atoms with Crippen LogP contribution in [-0.4, -0.2) is 30.2 Å². The van der Waals surface area contributed by atoms with E-state index in [0.29, 0.717) is 5.41 Å². The smallest absolute Gasteiger partial charge is 0.224 e. The number of ether oxygens (including phenoxy) is 1. The number of halogens is 1. The molecule has 1 heterocycles. The van der Waals surface area contributed by atoms with E-state index in [1.807, 2.05) is 24.3 Å². The van der Waals surface area contributed by atoms with Gasteiger partial charge in [0.05, 0.1) is 5.52 Å². The van der Waals surface area contributed by atoms with Crippen LogP contribution in [-0.2, 0) is 4.74 Å². The molecule has 4 nitrogen and oxygen atoms in total. The SMILES string of the molecule is COCCC1(CNc2nc(Cl)nc3ccccc23)CC1. The van der Waals surface area contributed by atoms with Crippen molar-refractivity contribution in [1.82, 2.24) is 9.97 Å². The van der Waals surface area contributed by atoms with Crippen molar-refractivity contribution in [3.8, 4) is 0 Å². The molecule has 0 radical (unpaired) electrons. The molecule has 0 aliphatic heterocycles. The second-order valence-electron chi connectivity index (χ2n) is 5.45. The van der Waals surface area contributed by atoms with Gasteiger partial charge in [-0.25, -0.2) is 9.97 Å². The second-order valence-corrected chi connectivity index (χ2v) is 5.79. The van der Waals surface area contributed by atoms with Crippen LogP contribution in [0.2, 0.25) is 5.28 Å². The van der Waals surface area contributed by atoms with Crippen molar-refractivity contribution in [1.29, 1.82) is 0 Å². The van der Waals surface area contributed by atoms with Crippen LogP contribution in [0.15, 0.2) is 24.3 Å². The van der Waals surface area contributed by atoms with E-state index < -0.39 is 0 Å². The number of anilines is 1. The average Bonchev–Trinajstić information content (AvgIpc) is 3.23. The summed E-state index contributed by atoms with van der Waals surface area (Å²) in [6.45, 7) is 1.72. The summed E-state index contributed by atoms with van der Waals surface area (Å²) in [6, 6.07) is 7.91. The summed E-state index contributed by atoms with van der Waals surface area (Å²) in [4.78, 5) is 8.56. The van der Waals surface area contributed by atoms with Gasteiger partial charge in [-0.2, -0.15) is 0 Å². The zero-order valence-corrected chi connectivity index (χ0v) is 12.3. The first-order valence-electron chi connectivity index (χ1n) is 6.88. The largest absolute Gasteiger partial charge is 0.385 e. The van der Waals surface area contributed by atoms with Crippen molar-refractivity contribution in [3.63, 3.8) is 0 Å². The lowest BCUT2D eigenvalue weighted by atomic mass is 10.0. The molecule has 0 atom stereocenters. The minimum Gasteiger partial charge on any atom is -0.385 e. The molecule has 1 aliphatic rings. The highest BCUT2D eigenvalue weighted by molar-refractivity contribution is 6.28. The van der Waals surface area contributed by atoms with Crippen molar-refractivity contribution < 1.29 is 4.74 Å². The highest BCUT2D eigenvalue weighted by Crippen LogP contribution is 2.48. The molecule has 0 amide bonds. The molecule has 0 bridgehead atoms. The molecule has 20 heavy (non-hydrogen) atoms. The van der Waals surface area contributed by atoms with Gasteiger partial charge < -0.3 is 10.1 Å². The Balaban J connectivity index is 1.77. The van der Waals surface area contributed by atoms with Crippen LogP contribution in [0, 0.1) is 5.41 Å². The molecule has 0 unspecified atom stereocenters. The molecule has 1 aromatic heterocycles. The Hall–Kier alpha value is -1.39. The molecule has 1 saturated carbocycles. The Bertz CT molecular complexity index is 613. The third-order valence-corrected chi connectivity index (χ3v) is 4.17. The average molecular weight is 292 g/mol. The van der Waals surface area contributed by atoms with Gasteiger partial charge in [-0.15, -0.1) is 0 Å². The van der Waals surface area contributed by atoms with Crippen LogP contribution in [0.25, 0.3) is 10.9 Å². The fourth-order valence-electron chi connectivity index (χ4n) is 2.46. The summed E-state index contributed by atoms with van der Waals surface area (Å²) in [7, 11) is 1.75. The van der Waals surface area contributed by atoms with E-state index in [4.69, 9.17) is 16.3 Å². The van der Waals surface area contributed by atoms with E-state index in [0.717, 1.165) is 36.3 Å². The number of methoxy groups -OCH3 is 1. The summed E-state index contributed by atoms with van der Waals surface area (Å²) in [5.74, 6) is 0.823. The zero-order chi connectivity index (χ0) is 14.0. The third-order valence-electron chi connectivity index (χ3n) is 4.00. The third kappa shape index (κ3) is 2.86. The molecule has 2 aromatic rings. The monoisotopic (exact) mass is 291 g/mol. The predicted octanol–water partition coefficient (Wildman–Crippen LogP) is 3.51. The lowest BCUT2D eigenvalue weighted by Crippen LogP contribution is -2.18. The number of rotatable bonds is 6. The number of nitrogens with one attached hydrogen (secondary N) is 1. The van der Waals surface area contributed by atoms with Gasteiger partial charge >= 0.3 is 0 Å². The normalized spacial score (nSPS) is 16.3. The van der Waals surface area contributed by atoms with Crippen molar-refractivity contribution in [2.24, 2.45) is 5.41 Å². The Morgan fingerprint density at radius 2 is 2.10 bits per heavy atom. The molecular weight excluding hydrogens is 274 g/mol. The number of benzene rings is 1. The quantitative estimate of drug-likeness (QED) is 0.827. The summed E-state index contributed by atoms with van der Waals surface area (Å²) in [5, 5.41) is 4.75. The Morgan fingerprint density at radius 3 is 2.85 bits per heavy atom. The molecule has 1 aromatic carbocycles. The maximum atomic E-state index is 5.99. The van der Waals surface area contributed by atoms with Crippen molar-refractivity contribution >= 4 is 28.3 Å². The summed E-state index contributed by atoms with van der Waals surface area (Å²) in [6.07, 6.45) is 3.59. The number of fused-ring (bicyclic) bond motifs is 1. The van der Waals surface area contributed by atoms with E-state index in [9.17, 15) is 0 Å². The van der Waals surface area contributed by atoms with E-state index >= 15 is 0 Å². The fourth-order valence-corrected chi connectivity index (χ4v) is 2.64. The lowest BCUT2D eigenvalue weighted by molar-refractivity contribution is 0.175. The molecule has 3 rings (SSSR count). The molecule has 1 fully saturated rings. The molecular formula is C15H18ClN3O. The van der Waals surface area contributed by atoms with Gasteiger partial charge in [-0.3, -0.25) is 0 Å². The van der Waals surface area contributed by atoms with Gasteiger partial charge in [0.25, 0.3) is 0 Å². The highest BCUT2D eigenvalue weighted by atomic mass is 35.5. The van der Waals surface area contributed by atoms with Gasteiger partial charge in [-0.05, 0) is 48.4 Å². The molecule has 0 saturated heterocycles. The number of nitrogens with zero attached hydrogens (tertiary/aromatic N) is 2. The Labute approximate surface area is 123 Å². The molecule has 1 N–H and O–H groups in total. The first-order chi connectivity index (χ1) is 9.72. The van der Waals surface area contributed by atoms with Gasteiger partial charge in [-0.1, -0.05) is 12.1 Å². The zero-order valence-electron chi connectivity index (χ0n) is 11.5. The Morgan fingerprint density at radius 1 is 1.30 bits per heavy atom. The van der Waals surface area contributed by atoms with Crippen LogP contribution in [0.3, 0.4) is 0 Å². The van der Waals surface area contributed by atoms with E-state index in [2.05, 4.69) is 15.3 Å². The van der Waals surface area contributed by atoms with Crippen LogP contribution in [0.1, 0.15) is 19.3 Å². The summed E-state index contributed by atoms with van der Waals surface area (Å²) < 4.78 is 5.18. The lowest BCUT2D eigenvalue weighted by Gasteiger charge is -2.16. The van der Waals surface area contributed by atoms with Crippen molar-refractivity contribution in [3.05, 3.63) is 29.5 Å². The van der Waals surface area contributed by atoms with E-state index in [1.54, 1.807) is 7.11 Å². The van der Waals surface area contributed by atoms with Crippen molar-refractivity contribution in [2.45, 2.75) is 19.3 Å². The predicted molar refractivity (Wildman–Crippen MR) is 81.2 cm³/mol. The molecule has 5 heteroatoms. The van der Waals surface area contributed by atoms with E-state index in [1.165, 1.54) is 12.8 Å². The van der Waals surface area contributed by atoms with Crippen LogP contribution in [0.4, 0.5) is 5.82 Å². The molecule has 106 valence electrons. The van der Waals surface area contributed by atoms with Crippen molar-refractivity contribution in [2.75, 3.05) is 25.6 Å². The molecule has 1 aliphatic carbocycles. The van der Waals surface area contributed by atoms with Gasteiger partial charge in [0.2, 0.25) is 5.28 Å². The Kier molecular flexibility index (Phi) is 3.76. The van der Waals surface area contributed by atoms with Crippen LogP contribution >= 0.6 is 11.6 Å². The summed E-state index contributed by atoms with van der Waals surface area (Å²) >= 11 is 5.99. The number of aromatic nitrogens is 2. The first kappa shape index (κ1) is 13.6.